The van der Waals surface area contributed by atoms with Crippen LogP contribution in [0.15, 0.2) is 48.7 Å². The fourth-order valence-electron chi connectivity index (χ4n) is 4.84. The van der Waals surface area contributed by atoms with Crippen LogP contribution in [0.3, 0.4) is 0 Å². The van der Waals surface area contributed by atoms with Gasteiger partial charge in [-0.25, -0.2) is 4.98 Å². The number of benzene rings is 1. The number of carbonyl (C=O) groups is 1. The Morgan fingerprint density at radius 3 is 2.79 bits per heavy atom. The van der Waals surface area contributed by atoms with E-state index in [9.17, 15) is 4.79 Å². The zero-order valence-corrected chi connectivity index (χ0v) is 16.7. The lowest BCUT2D eigenvalue weighted by Crippen LogP contribution is -2.45. The van der Waals surface area contributed by atoms with Crippen LogP contribution in [0.1, 0.15) is 35.2 Å². The summed E-state index contributed by atoms with van der Waals surface area (Å²) in [6.07, 6.45) is 6.61. The molecular formula is C23H30N4O. The summed E-state index contributed by atoms with van der Waals surface area (Å²) in [5, 5.41) is 2.74. The standard InChI is InChI=1S/C23H30N4O/c1-24-22(28)20-9-5-13-25-21(20)27-16-12-23(18-27)11-6-14-26(17-23)15-10-19-7-3-2-4-8-19/h2-5,7-9,13H,6,10-12,14-18H2,1H3,(H,24,28)/t23-/m0/s1. The van der Waals surface area contributed by atoms with Crippen molar-refractivity contribution in [2.75, 3.05) is 44.7 Å². The van der Waals surface area contributed by atoms with Gasteiger partial charge in [0.15, 0.2) is 0 Å². The maximum atomic E-state index is 12.2. The summed E-state index contributed by atoms with van der Waals surface area (Å²) in [6.45, 7) is 5.45. The average Bonchev–Trinajstić information content (AvgIpc) is 3.15. The molecule has 3 heterocycles. The molecule has 4 rings (SSSR count). The Bertz CT molecular complexity index is 809. The molecule has 2 saturated heterocycles. The first kappa shape index (κ1) is 18.9. The van der Waals surface area contributed by atoms with Crippen LogP contribution in [-0.2, 0) is 6.42 Å². The van der Waals surface area contributed by atoms with Gasteiger partial charge >= 0.3 is 0 Å². The van der Waals surface area contributed by atoms with Gasteiger partial charge in [-0.15, -0.1) is 0 Å². The number of amides is 1. The van der Waals surface area contributed by atoms with Crippen LogP contribution in [-0.4, -0.2) is 55.6 Å². The maximum Gasteiger partial charge on any atom is 0.254 e. The van der Waals surface area contributed by atoms with Gasteiger partial charge < -0.3 is 15.1 Å². The molecule has 1 amide bonds. The third-order valence-corrected chi connectivity index (χ3v) is 6.30. The molecule has 2 aliphatic heterocycles. The molecule has 2 aromatic rings. The predicted octanol–water partition coefficient (Wildman–Crippen LogP) is 2.98. The Morgan fingerprint density at radius 1 is 1.11 bits per heavy atom. The normalized spacial score (nSPS) is 22.5. The lowest BCUT2D eigenvalue weighted by molar-refractivity contribution is 0.0962. The third kappa shape index (κ3) is 4.04. The SMILES string of the molecule is CNC(=O)c1cccnc1N1CC[C@]2(CCCN(CCc3ccccc3)C2)C1. The van der Waals surface area contributed by atoms with Gasteiger partial charge in [-0.05, 0) is 49.9 Å². The zero-order valence-electron chi connectivity index (χ0n) is 16.7. The van der Waals surface area contributed by atoms with Crippen LogP contribution < -0.4 is 10.2 Å². The summed E-state index contributed by atoms with van der Waals surface area (Å²) < 4.78 is 0. The van der Waals surface area contributed by atoms with Crippen LogP contribution in [0, 0.1) is 5.41 Å². The van der Waals surface area contributed by atoms with Gasteiger partial charge in [-0.1, -0.05) is 30.3 Å². The van der Waals surface area contributed by atoms with Crippen molar-refractivity contribution in [2.24, 2.45) is 5.41 Å². The minimum Gasteiger partial charge on any atom is -0.355 e. The van der Waals surface area contributed by atoms with Crippen molar-refractivity contribution >= 4 is 11.7 Å². The first-order chi connectivity index (χ1) is 13.7. The van der Waals surface area contributed by atoms with Gasteiger partial charge in [-0.3, -0.25) is 4.79 Å². The summed E-state index contributed by atoms with van der Waals surface area (Å²) in [5.74, 6) is 0.775. The molecule has 2 fully saturated rings. The van der Waals surface area contributed by atoms with Gasteiger partial charge in [-0.2, -0.15) is 0 Å². The van der Waals surface area contributed by atoms with Gasteiger partial charge in [0.25, 0.3) is 5.91 Å². The number of aromatic nitrogens is 1. The molecule has 0 aliphatic carbocycles. The van der Waals surface area contributed by atoms with Crippen LogP contribution in [0.2, 0.25) is 0 Å². The number of hydrogen-bond acceptors (Lipinski definition) is 4. The molecule has 1 N–H and O–H groups in total. The van der Waals surface area contributed by atoms with Gasteiger partial charge in [0, 0.05) is 44.8 Å². The topological polar surface area (TPSA) is 48.5 Å². The quantitative estimate of drug-likeness (QED) is 0.869. The highest BCUT2D eigenvalue weighted by Crippen LogP contribution is 2.40. The minimum absolute atomic E-state index is 0.0582. The Labute approximate surface area is 167 Å². The molecular weight excluding hydrogens is 348 g/mol. The number of piperidine rings is 1. The van der Waals surface area contributed by atoms with Crippen molar-refractivity contribution in [2.45, 2.75) is 25.7 Å². The van der Waals surface area contributed by atoms with E-state index in [0.29, 0.717) is 11.0 Å². The van der Waals surface area contributed by atoms with E-state index in [1.807, 2.05) is 12.1 Å². The fraction of sp³-hybridized carbons (Fsp3) is 0.478. The monoisotopic (exact) mass is 378 g/mol. The van der Waals surface area contributed by atoms with Crippen molar-refractivity contribution in [1.82, 2.24) is 15.2 Å². The highest BCUT2D eigenvalue weighted by molar-refractivity contribution is 5.98. The second kappa shape index (κ2) is 8.31. The number of nitrogens with one attached hydrogen (secondary N) is 1. The van der Waals surface area contributed by atoms with Crippen LogP contribution >= 0.6 is 0 Å². The van der Waals surface area contributed by atoms with Crippen molar-refractivity contribution in [1.29, 1.82) is 0 Å². The summed E-state index contributed by atoms with van der Waals surface area (Å²) in [6, 6.07) is 14.5. The average molecular weight is 379 g/mol. The van der Waals surface area contributed by atoms with E-state index in [1.54, 1.807) is 13.2 Å². The highest BCUT2D eigenvalue weighted by atomic mass is 16.1. The molecule has 2 aliphatic rings. The van der Waals surface area contributed by atoms with E-state index < -0.39 is 0 Å². The minimum atomic E-state index is -0.0582. The van der Waals surface area contributed by atoms with Gasteiger partial charge in [0.2, 0.25) is 0 Å². The zero-order chi connectivity index (χ0) is 19.4. The molecule has 1 aromatic carbocycles. The first-order valence-corrected chi connectivity index (χ1v) is 10.4. The Kier molecular flexibility index (Phi) is 5.62. The molecule has 0 unspecified atom stereocenters. The van der Waals surface area contributed by atoms with E-state index in [0.717, 1.165) is 38.4 Å². The Hall–Kier alpha value is -2.40. The second-order valence-corrected chi connectivity index (χ2v) is 8.24. The number of rotatable bonds is 5. The molecule has 5 nitrogen and oxygen atoms in total. The predicted molar refractivity (Wildman–Crippen MR) is 113 cm³/mol. The third-order valence-electron chi connectivity index (χ3n) is 6.30. The van der Waals surface area contributed by atoms with E-state index in [2.05, 4.69) is 50.4 Å². The molecule has 1 spiro atoms. The largest absolute Gasteiger partial charge is 0.355 e. The number of anilines is 1. The number of likely N-dealkylation sites (tertiary alicyclic amines) is 1. The molecule has 148 valence electrons. The molecule has 1 aromatic heterocycles. The highest BCUT2D eigenvalue weighted by Gasteiger charge is 2.42. The lowest BCUT2D eigenvalue weighted by atomic mass is 9.79. The van der Waals surface area contributed by atoms with Crippen molar-refractivity contribution in [3.8, 4) is 0 Å². The molecule has 5 heteroatoms. The Morgan fingerprint density at radius 2 is 1.96 bits per heavy atom. The van der Waals surface area contributed by atoms with Gasteiger partial charge in [0.05, 0.1) is 5.56 Å². The van der Waals surface area contributed by atoms with Crippen LogP contribution in [0.25, 0.3) is 0 Å². The smallest absolute Gasteiger partial charge is 0.254 e. The van der Waals surface area contributed by atoms with Gasteiger partial charge in [0.1, 0.15) is 5.82 Å². The number of hydrogen-bond donors (Lipinski definition) is 1. The van der Waals surface area contributed by atoms with E-state index >= 15 is 0 Å². The molecule has 28 heavy (non-hydrogen) atoms. The lowest BCUT2D eigenvalue weighted by Gasteiger charge is -2.40. The van der Waals surface area contributed by atoms with Crippen molar-refractivity contribution < 1.29 is 4.79 Å². The van der Waals surface area contributed by atoms with Crippen LogP contribution in [0.4, 0.5) is 5.82 Å². The first-order valence-electron chi connectivity index (χ1n) is 10.4. The molecule has 1 atom stereocenters. The Balaban J connectivity index is 1.42. The fourth-order valence-corrected chi connectivity index (χ4v) is 4.84. The molecule has 0 bridgehead atoms. The molecule has 0 radical (unpaired) electrons. The van der Waals surface area contributed by atoms with E-state index in [-0.39, 0.29) is 5.91 Å². The number of nitrogens with zero attached hydrogens (tertiary/aromatic N) is 3. The summed E-state index contributed by atoms with van der Waals surface area (Å²) in [4.78, 5) is 21.8. The maximum absolute atomic E-state index is 12.2. The van der Waals surface area contributed by atoms with E-state index in [1.165, 1.54) is 31.4 Å². The summed E-state index contributed by atoms with van der Waals surface area (Å²) >= 11 is 0. The van der Waals surface area contributed by atoms with Crippen molar-refractivity contribution in [3.63, 3.8) is 0 Å². The number of carbonyl (C=O) groups excluding carboxylic acids is 1. The second-order valence-electron chi connectivity index (χ2n) is 8.24. The summed E-state index contributed by atoms with van der Waals surface area (Å²) in [7, 11) is 1.68. The van der Waals surface area contributed by atoms with Crippen molar-refractivity contribution in [3.05, 3.63) is 59.8 Å². The summed E-state index contributed by atoms with van der Waals surface area (Å²) in [5.41, 5.74) is 2.42. The van der Waals surface area contributed by atoms with E-state index in [4.69, 9.17) is 0 Å². The molecule has 0 saturated carbocycles. The number of pyridine rings is 1. The van der Waals surface area contributed by atoms with Crippen LogP contribution in [0.5, 0.6) is 0 Å².